The van der Waals surface area contributed by atoms with Crippen LogP contribution in [0.15, 0.2) is 18.2 Å². The van der Waals surface area contributed by atoms with Crippen molar-refractivity contribution in [3.63, 3.8) is 0 Å². The molecular formula is C9H10ClF3N2. The molecule has 0 aliphatic rings. The predicted octanol–water partition coefficient (Wildman–Crippen LogP) is 2.32. The van der Waals surface area contributed by atoms with E-state index < -0.39 is 17.8 Å². The van der Waals surface area contributed by atoms with Gasteiger partial charge in [0.2, 0.25) is 0 Å². The Morgan fingerprint density at radius 3 is 2.33 bits per heavy atom. The molecule has 6 heteroatoms. The van der Waals surface area contributed by atoms with Crippen LogP contribution in [0.2, 0.25) is 5.02 Å². The molecule has 0 aliphatic heterocycles. The second kappa shape index (κ2) is 4.38. The lowest BCUT2D eigenvalue weighted by Crippen LogP contribution is -2.21. The first-order chi connectivity index (χ1) is 6.86. The molecule has 0 aliphatic carbocycles. The van der Waals surface area contributed by atoms with Crippen molar-refractivity contribution < 1.29 is 13.2 Å². The minimum Gasteiger partial charge on any atom is -0.329 e. The largest absolute Gasteiger partial charge is 0.417 e. The van der Waals surface area contributed by atoms with E-state index in [1.54, 1.807) is 0 Å². The lowest BCUT2D eigenvalue weighted by atomic mass is 10.1. The van der Waals surface area contributed by atoms with Crippen LogP contribution in [0.5, 0.6) is 0 Å². The molecule has 4 N–H and O–H groups in total. The summed E-state index contributed by atoms with van der Waals surface area (Å²) in [7, 11) is 0. The van der Waals surface area contributed by atoms with Crippen LogP contribution in [0.4, 0.5) is 13.2 Å². The number of nitrogens with two attached hydrogens (primary N) is 2. The fourth-order valence-electron chi connectivity index (χ4n) is 1.13. The Bertz CT molecular complexity index is 352. The molecule has 1 rings (SSSR count). The summed E-state index contributed by atoms with van der Waals surface area (Å²) in [6.45, 7) is 0.154. The van der Waals surface area contributed by atoms with Crippen molar-refractivity contribution in [3.8, 4) is 0 Å². The molecule has 84 valence electrons. The molecular weight excluding hydrogens is 229 g/mol. The molecule has 1 aromatic rings. The summed E-state index contributed by atoms with van der Waals surface area (Å²) < 4.78 is 37.0. The van der Waals surface area contributed by atoms with Crippen LogP contribution >= 0.6 is 11.6 Å². The minimum atomic E-state index is -4.44. The zero-order chi connectivity index (χ0) is 11.6. The van der Waals surface area contributed by atoms with Crippen molar-refractivity contribution in [2.75, 3.05) is 6.54 Å². The number of benzene rings is 1. The van der Waals surface area contributed by atoms with Crippen molar-refractivity contribution in [2.24, 2.45) is 11.5 Å². The Morgan fingerprint density at radius 1 is 1.33 bits per heavy atom. The van der Waals surface area contributed by atoms with Gasteiger partial charge in [0, 0.05) is 12.6 Å². The van der Waals surface area contributed by atoms with Gasteiger partial charge in [0.05, 0.1) is 10.6 Å². The predicted molar refractivity (Wildman–Crippen MR) is 52.4 cm³/mol. The first kappa shape index (κ1) is 12.3. The first-order valence-corrected chi connectivity index (χ1v) is 4.56. The van der Waals surface area contributed by atoms with Crippen molar-refractivity contribution in [1.29, 1.82) is 0 Å². The van der Waals surface area contributed by atoms with Gasteiger partial charge in [-0.15, -0.1) is 0 Å². The van der Waals surface area contributed by atoms with Gasteiger partial charge in [-0.2, -0.15) is 13.2 Å². The van der Waals surface area contributed by atoms with Crippen LogP contribution in [0, 0.1) is 0 Å². The molecule has 0 aromatic heterocycles. The van der Waals surface area contributed by atoms with Crippen LogP contribution in [0.25, 0.3) is 0 Å². The van der Waals surface area contributed by atoms with E-state index in [0.29, 0.717) is 5.56 Å². The minimum absolute atomic E-state index is 0.154. The summed E-state index contributed by atoms with van der Waals surface area (Å²) in [5, 5.41) is -0.357. The fourth-order valence-corrected chi connectivity index (χ4v) is 1.42. The van der Waals surface area contributed by atoms with Crippen LogP contribution in [0.1, 0.15) is 17.2 Å². The molecule has 2 nitrogen and oxygen atoms in total. The van der Waals surface area contributed by atoms with Gasteiger partial charge in [-0.25, -0.2) is 0 Å². The van der Waals surface area contributed by atoms with E-state index >= 15 is 0 Å². The van der Waals surface area contributed by atoms with Gasteiger partial charge >= 0.3 is 6.18 Å². The Labute approximate surface area is 90.0 Å². The molecule has 0 spiro atoms. The molecule has 1 aromatic carbocycles. The lowest BCUT2D eigenvalue weighted by molar-refractivity contribution is -0.137. The number of halogens is 4. The highest BCUT2D eigenvalue weighted by Crippen LogP contribution is 2.35. The molecule has 0 saturated carbocycles. The Morgan fingerprint density at radius 2 is 1.93 bits per heavy atom. The smallest absolute Gasteiger partial charge is 0.329 e. The third-order valence-electron chi connectivity index (χ3n) is 1.98. The first-order valence-electron chi connectivity index (χ1n) is 4.18. The SMILES string of the molecule is NC[C@H](N)c1ccc(C(F)(F)F)c(Cl)c1. The molecule has 0 heterocycles. The van der Waals surface area contributed by atoms with Crippen LogP contribution in [-0.2, 0) is 6.18 Å². The van der Waals surface area contributed by atoms with Gasteiger partial charge in [-0.1, -0.05) is 17.7 Å². The quantitative estimate of drug-likeness (QED) is 0.831. The van der Waals surface area contributed by atoms with Gasteiger partial charge in [-0.05, 0) is 17.7 Å². The second-order valence-corrected chi connectivity index (χ2v) is 3.49. The van der Waals surface area contributed by atoms with Crippen LogP contribution in [-0.4, -0.2) is 6.54 Å². The standard InChI is InChI=1S/C9H10ClF3N2/c10-7-3-5(8(15)4-14)1-2-6(7)9(11,12)13/h1-3,8H,4,14-15H2/t8-/m0/s1. The van der Waals surface area contributed by atoms with Gasteiger partial charge in [0.1, 0.15) is 0 Å². The molecule has 0 saturated heterocycles. The number of hydrogen-bond donors (Lipinski definition) is 2. The highest BCUT2D eigenvalue weighted by Gasteiger charge is 2.33. The van der Waals surface area contributed by atoms with Crippen molar-refractivity contribution in [2.45, 2.75) is 12.2 Å². The van der Waals surface area contributed by atoms with Crippen LogP contribution in [0.3, 0.4) is 0 Å². The summed E-state index contributed by atoms with van der Waals surface area (Å²) in [6, 6.07) is 2.89. The molecule has 15 heavy (non-hydrogen) atoms. The molecule has 1 atom stereocenters. The zero-order valence-electron chi connectivity index (χ0n) is 7.68. The summed E-state index contributed by atoms with van der Waals surface area (Å²) >= 11 is 5.50. The fraction of sp³-hybridized carbons (Fsp3) is 0.333. The number of rotatable bonds is 2. The third-order valence-corrected chi connectivity index (χ3v) is 2.29. The van der Waals surface area contributed by atoms with E-state index in [-0.39, 0.29) is 11.6 Å². The van der Waals surface area contributed by atoms with Gasteiger partial charge in [0.15, 0.2) is 0 Å². The van der Waals surface area contributed by atoms with E-state index in [4.69, 9.17) is 23.1 Å². The zero-order valence-corrected chi connectivity index (χ0v) is 8.44. The monoisotopic (exact) mass is 238 g/mol. The van der Waals surface area contributed by atoms with Gasteiger partial charge in [-0.3, -0.25) is 0 Å². The summed E-state index contributed by atoms with van der Waals surface area (Å²) in [6.07, 6.45) is -4.44. The number of hydrogen-bond acceptors (Lipinski definition) is 2. The average Bonchev–Trinajstić information content (AvgIpc) is 2.14. The van der Waals surface area contributed by atoms with E-state index in [2.05, 4.69) is 0 Å². The van der Waals surface area contributed by atoms with E-state index in [1.807, 2.05) is 0 Å². The third kappa shape index (κ3) is 2.84. The van der Waals surface area contributed by atoms with E-state index in [9.17, 15) is 13.2 Å². The summed E-state index contributed by atoms with van der Waals surface area (Å²) in [4.78, 5) is 0. The van der Waals surface area contributed by atoms with Crippen molar-refractivity contribution >= 4 is 11.6 Å². The topological polar surface area (TPSA) is 52.0 Å². The van der Waals surface area contributed by atoms with Gasteiger partial charge < -0.3 is 11.5 Å². The number of alkyl halides is 3. The Balaban J connectivity index is 3.09. The molecule has 0 fully saturated rings. The maximum absolute atomic E-state index is 12.3. The Hall–Kier alpha value is -0.780. The molecule has 0 radical (unpaired) electrons. The molecule has 0 amide bonds. The lowest BCUT2D eigenvalue weighted by Gasteiger charge is -2.13. The average molecular weight is 239 g/mol. The maximum atomic E-state index is 12.3. The van der Waals surface area contributed by atoms with Crippen LogP contribution < -0.4 is 11.5 Å². The highest BCUT2D eigenvalue weighted by atomic mass is 35.5. The van der Waals surface area contributed by atoms with E-state index in [1.165, 1.54) is 12.1 Å². The molecule has 0 bridgehead atoms. The highest BCUT2D eigenvalue weighted by molar-refractivity contribution is 6.31. The van der Waals surface area contributed by atoms with Crippen molar-refractivity contribution in [1.82, 2.24) is 0 Å². The molecule has 0 unspecified atom stereocenters. The van der Waals surface area contributed by atoms with Crippen molar-refractivity contribution in [3.05, 3.63) is 34.3 Å². The van der Waals surface area contributed by atoms with E-state index in [0.717, 1.165) is 6.07 Å². The second-order valence-electron chi connectivity index (χ2n) is 3.08. The summed E-state index contributed by atoms with van der Waals surface area (Å²) in [5.41, 5.74) is 10.5. The van der Waals surface area contributed by atoms with Gasteiger partial charge in [0.25, 0.3) is 0 Å². The summed E-state index contributed by atoms with van der Waals surface area (Å²) in [5.74, 6) is 0. The Kier molecular flexibility index (Phi) is 3.59. The normalized spacial score (nSPS) is 14.0. The maximum Gasteiger partial charge on any atom is 0.417 e.